The van der Waals surface area contributed by atoms with E-state index in [1.54, 1.807) is 7.11 Å². The van der Waals surface area contributed by atoms with Crippen molar-refractivity contribution in [3.63, 3.8) is 0 Å². The van der Waals surface area contributed by atoms with Gasteiger partial charge in [-0.3, -0.25) is 0 Å². The van der Waals surface area contributed by atoms with Gasteiger partial charge in [0.05, 0.1) is 13.2 Å². The zero-order valence-corrected chi connectivity index (χ0v) is 10.2. The maximum Gasteiger partial charge on any atom is 0.118 e. The molecule has 2 rings (SSSR count). The Morgan fingerprint density at radius 1 is 1.24 bits per heavy atom. The van der Waals surface area contributed by atoms with E-state index < -0.39 is 0 Å². The summed E-state index contributed by atoms with van der Waals surface area (Å²) in [5.41, 5.74) is 13.7. The van der Waals surface area contributed by atoms with Crippen molar-refractivity contribution in [3.05, 3.63) is 53.8 Å². The summed E-state index contributed by atoms with van der Waals surface area (Å²) in [6, 6.07) is 7.75. The van der Waals surface area contributed by atoms with Crippen molar-refractivity contribution in [2.75, 3.05) is 7.11 Å². The molecular formula is C14H18N2O. The summed E-state index contributed by atoms with van der Waals surface area (Å²) >= 11 is 0. The first-order chi connectivity index (χ1) is 8.08. The van der Waals surface area contributed by atoms with Crippen LogP contribution in [-0.4, -0.2) is 13.2 Å². The topological polar surface area (TPSA) is 61.3 Å². The number of nitrogens with two attached hydrogens (primary N) is 2. The molecule has 0 spiro atoms. The summed E-state index contributed by atoms with van der Waals surface area (Å²) in [5.74, 6) is 0.842. The van der Waals surface area contributed by atoms with Crippen LogP contribution >= 0.6 is 0 Å². The van der Waals surface area contributed by atoms with Crippen LogP contribution in [-0.2, 0) is 5.41 Å². The lowest BCUT2D eigenvalue weighted by molar-refractivity contribution is 0.413. The highest BCUT2D eigenvalue weighted by atomic mass is 16.5. The van der Waals surface area contributed by atoms with Gasteiger partial charge in [0.15, 0.2) is 0 Å². The van der Waals surface area contributed by atoms with Gasteiger partial charge in [-0.15, -0.1) is 0 Å². The summed E-state index contributed by atoms with van der Waals surface area (Å²) < 4.78 is 5.15. The Balaban J connectivity index is 2.38. The highest BCUT2D eigenvalue weighted by molar-refractivity contribution is 5.42. The van der Waals surface area contributed by atoms with E-state index in [-0.39, 0.29) is 11.5 Å². The van der Waals surface area contributed by atoms with Gasteiger partial charge in [-0.25, -0.2) is 0 Å². The van der Waals surface area contributed by atoms with Crippen molar-refractivity contribution in [2.45, 2.75) is 18.4 Å². The molecule has 1 aliphatic carbocycles. The lowest BCUT2D eigenvalue weighted by Crippen LogP contribution is -2.46. The summed E-state index contributed by atoms with van der Waals surface area (Å²) in [5, 5.41) is 0. The number of benzene rings is 1. The molecule has 0 radical (unpaired) electrons. The van der Waals surface area contributed by atoms with Gasteiger partial charge < -0.3 is 16.2 Å². The van der Waals surface area contributed by atoms with Crippen LogP contribution in [0.15, 0.2) is 48.2 Å². The number of methoxy groups -OCH3 is 1. The van der Waals surface area contributed by atoms with E-state index in [4.69, 9.17) is 16.2 Å². The van der Waals surface area contributed by atoms with Crippen LogP contribution in [0.2, 0.25) is 0 Å². The van der Waals surface area contributed by atoms with Gasteiger partial charge in [0, 0.05) is 11.1 Å². The average molecular weight is 230 g/mol. The lowest BCUT2D eigenvalue weighted by Gasteiger charge is -2.35. The molecule has 1 aromatic carbocycles. The lowest BCUT2D eigenvalue weighted by atomic mass is 9.73. The highest BCUT2D eigenvalue weighted by Gasteiger charge is 2.34. The second kappa shape index (κ2) is 4.26. The Morgan fingerprint density at radius 2 is 1.88 bits per heavy atom. The molecule has 0 amide bonds. The molecule has 0 saturated carbocycles. The van der Waals surface area contributed by atoms with Crippen LogP contribution in [0, 0.1) is 0 Å². The molecule has 17 heavy (non-hydrogen) atoms. The van der Waals surface area contributed by atoms with Gasteiger partial charge in [0.1, 0.15) is 5.75 Å². The van der Waals surface area contributed by atoms with Crippen molar-refractivity contribution in [1.82, 2.24) is 0 Å². The molecule has 0 bridgehead atoms. The van der Waals surface area contributed by atoms with Crippen molar-refractivity contribution < 1.29 is 4.74 Å². The molecule has 90 valence electrons. The van der Waals surface area contributed by atoms with Crippen LogP contribution in [0.25, 0.3) is 0 Å². The third-order valence-electron chi connectivity index (χ3n) is 3.45. The van der Waals surface area contributed by atoms with E-state index in [2.05, 4.69) is 13.0 Å². The molecule has 1 aliphatic rings. The molecule has 0 saturated heterocycles. The average Bonchev–Trinajstić information content (AvgIpc) is 2.36. The third-order valence-corrected chi connectivity index (χ3v) is 3.45. The molecule has 2 atom stereocenters. The normalized spacial score (nSPS) is 27.7. The monoisotopic (exact) mass is 230 g/mol. The molecular weight excluding hydrogens is 212 g/mol. The second-order valence-electron chi connectivity index (χ2n) is 4.51. The highest BCUT2D eigenvalue weighted by Crippen LogP contribution is 2.33. The van der Waals surface area contributed by atoms with E-state index in [1.807, 2.05) is 36.4 Å². The number of hydrogen-bond donors (Lipinski definition) is 2. The summed E-state index contributed by atoms with van der Waals surface area (Å²) in [6.07, 6.45) is 5.91. The van der Waals surface area contributed by atoms with Gasteiger partial charge in [-0.1, -0.05) is 31.2 Å². The predicted molar refractivity (Wildman–Crippen MR) is 69.7 cm³/mol. The number of ether oxygens (including phenoxy) is 1. The fourth-order valence-corrected chi connectivity index (χ4v) is 2.14. The van der Waals surface area contributed by atoms with Crippen molar-refractivity contribution >= 4 is 0 Å². The summed E-state index contributed by atoms with van der Waals surface area (Å²) in [6.45, 7) is 2.09. The third kappa shape index (κ3) is 1.94. The maximum absolute atomic E-state index is 6.18. The molecule has 0 heterocycles. The van der Waals surface area contributed by atoms with E-state index >= 15 is 0 Å². The minimum Gasteiger partial charge on any atom is -0.497 e. The van der Waals surface area contributed by atoms with E-state index in [0.29, 0.717) is 5.70 Å². The van der Waals surface area contributed by atoms with Gasteiger partial charge >= 0.3 is 0 Å². The fourth-order valence-electron chi connectivity index (χ4n) is 2.14. The molecule has 0 aromatic heterocycles. The van der Waals surface area contributed by atoms with E-state index in [9.17, 15) is 0 Å². The summed E-state index contributed by atoms with van der Waals surface area (Å²) in [7, 11) is 1.66. The van der Waals surface area contributed by atoms with Crippen LogP contribution in [0.3, 0.4) is 0 Å². The quantitative estimate of drug-likeness (QED) is 0.812. The van der Waals surface area contributed by atoms with E-state index in [1.165, 1.54) is 0 Å². The van der Waals surface area contributed by atoms with Gasteiger partial charge in [-0.2, -0.15) is 0 Å². The first kappa shape index (κ1) is 11.7. The molecule has 0 fully saturated rings. The predicted octanol–water partition coefficient (Wildman–Crippen LogP) is 1.69. The fraction of sp³-hybridized carbons (Fsp3) is 0.286. The molecule has 0 aliphatic heterocycles. The number of allylic oxidation sites excluding steroid dienone is 2. The zero-order valence-electron chi connectivity index (χ0n) is 10.2. The van der Waals surface area contributed by atoms with Gasteiger partial charge in [0.2, 0.25) is 0 Å². The maximum atomic E-state index is 6.18. The van der Waals surface area contributed by atoms with Crippen molar-refractivity contribution in [1.29, 1.82) is 0 Å². The Hall–Kier alpha value is -1.74. The Bertz CT molecular complexity index is 462. The van der Waals surface area contributed by atoms with Crippen molar-refractivity contribution in [3.8, 4) is 5.75 Å². The second-order valence-corrected chi connectivity index (χ2v) is 4.51. The molecule has 4 N–H and O–H groups in total. The standard InChI is InChI=1S/C14H18N2O/c1-14(9-3-4-12(15)13(14)16)10-5-7-11(17-2)8-6-10/h3-9,13H,15-16H2,1-2H3. The zero-order chi connectivity index (χ0) is 12.5. The minimum absolute atomic E-state index is 0.194. The van der Waals surface area contributed by atoms with Crippen molar-refractivity contribution in [2.24, 2.45) is 11.5 Å². The van der Waals surface area contributed by atoms with Crippen LogP contribution in [0.5, 0.6) is 5.75 Å². The SMILES string of the molecule is COc1ccc(C2(C)C=CC=C(N)C2N)cc1. The summed E-state index contributed by atoms with van der Waals surface area (Å²) in [4.78, 5) is 0. The van der Waals surface area contributed by atoms with E-state index in [0.717, 1.165) is 11.3 Å². The van der Waals surface area contributed by atoms with Crippen LogP contribution < -0.4 is 16.2 Å². The first-order valence-electron chi connectivity index (χ1n) is 5.63. The Kier molecular flexibility index (Phi) is 2.94. The molecule has 1 aromatic rings. The Morgan fingerprint density at radius 3 is 2.47 bits per heavy atom. The minimum atomic E-state index is -0.259. The smallest absolute Gasteiger partial charge is 0.118 e. The first-order valence-corrected chi connectivity index (χ1v) is 5.63. The molecule has 3 heteroatoms. The molecule has 3 nitrogen and oxygen atoms in total. The Labute approximate surface area is 102 Å². The largest absolute Gasteiger partial charge is 0.497 e. The number of rotatable bonds is 2. The van der Waals surface area contributed by atoms with Gasteiger partial charge in [-0.05, 0) is 23.8 Å². The number of hydrogen-bond acceptors (Lipinski definition) is 3. The van der Waals surface area contributed by atoms with Gasteiger partial charge in [0.25, 0.3) is 0 Å². The van der Waals surface area contributed by atoms with Crippen LogP contribution in [0.1, 0.15) is 12.5 Å². The van der Waals surface area contributed by atoms with Crippen LogP contribution in [0.4, 0.5) is 0 Å². The molecule has 2 unspecified atom stereocenters.